The van der Waals surface area contributed by atoms with Crippen LogP contribution in [0.4, 0.5) is 16.4 Å². The second-order valence-electron chi connectivity index (χ2n) is 7.00. The van der Waals surface area contributed by atoms with Crippen LogP contribution >= 0.6 is 0 Å². The lowest BCUT2D eigenvalue weighted by atomic mass is 9.87. The highest BCUT2D eigenvalue weighted by atomic mass is 16.6. The number of esters is 1. The fourth-order valence-corrected chi connectivity index (χ4v) is 2.66. The number of alkyl carbamates (subject to hydrolysis) is 1. The monoisotopic (exact) mass is 351 g/mol. The van der Waals surface area contributed by atoms with Crippen molar-refractivity contribution in [3.05, 3.63) is 12.4 Å². The van der Waals surface area contributed by atoms with Crippen molar-refractivity contribution in [2.75, 3.05) is 30.8 Å². The van der Waals surface area contributed by atoms with Crippen LogP contribution in [0.2, 0.25) is 0 Å². The Hall–Kier alpha value is -2.58. The molecular weight excluding hydrogens is 326 g/mol. The van der Waals surface area contributed by atoms with Gasteiger partial charge in [0, 0.05) is 13.1 Å². The number of nitrogens with zero attached hydrogens (tertiary/aromatic N) is 3. The van der Waals surface area contributed by atoms with Gasteiger partial charge in [-0.15, -0.1) is 0 Å². The van der Waals surface area contributed by atoms with E-state index in [1.807, 2.05) is 4.90 Å². The zero-order valence-corrected chi connectivity index (χ0v) is 15.0. The summed E-state index contributed by atoms with van der Waals surface area (Å²) in [6.07, 6.45) is 3.13. The van der Waals surface area contributed by atoms with Gasteiger partial charge >= 0.3 is 12.1 Å². The first kappa shape index (κ1) is 18.8. The van der Waals surface area contributed by atoms with Gasteiger partial charge in [-0.05, 0) is 33.6 Å². The second-order valence-corrected chi connectivity index (χ2v) is 7.00. The highest BCUT2D eigenvalue weighted by molar-refractivity contribution is 5.86. The molecular formula is C16H25N5O4. The lowest BCUT2D eigenvalue weighted by molar-refractivity contribution is -0.149. The van der Waals surface area contributed by atoms with Crippen LogP contribution in [0, 0.1) is 0 Å². The Balaban J connectivity index is 2.09. The first-order valence-electron chi connectivity index (χ1n) is 8.07. The first-order valence-corrected chi connectivity index (χ1v) is 8.07. The van der Waals surface area contributed by atoms with E-state index in [0.29, 0.717) is 37.6 Å². The Bertz CT molecular complexity index is 618. The third kappa shape index (κ3) is 4.71. The molecule has 2 rings (SSSR count). The molecule has 0 spiro atoms. The number of amides is 1. The summed E-state index contributed by atoms with van der Waals surface area (Å²) in [5, 5.41) is 2.70. The topological polar surface area (TPSA) is 120 Å². The minimum atomic E-state index is -1.12. The summed E-state index contributed by atoms with van der Waals surface area (Å²) in [5.74, 6) is 0.0427. The number of anilines is 2. The van der Waals surface area contributed by atoms with Crippen molar-refractivity contribution in [2.45, 2.75) is 44.8 Å². The summed E-state index contributed by atoms with van der Waals surface area (Å²) >= 11 is 0. The molecule has 9 nitrogen and oxygen atoms in total. The van der Waals surface area contributed by atoms with Crippen LogP contribution in [0.25, 0.3) is 0 Å². The van der Waals surface area contributed by atoms with E-state index in [2.05, 4.69) is 15.3 Å². The summed E-state index contributed by atoms with van der Waals surface area (Å²) in [6.45, 7) is 6.25. The van der Waals surface area contributed by atoms with E-state index in [0.717, 1.165) is 0 Å². The van der Waals surface area contributed by atoms with E-state index >= 15 is 0 Å². The minimum Gasteiger partial charge on any atom is -0.467 e. The lowest BCUT2D eigenvalue weighted by Crippen LogP contribution is -2.61. The number of piperidine rings is 1. The van der Waals surface area contributed by atoms with Gasteiger partial charge in [0.15, 0.2) is 0 Å². The van der Waals surface area contributed by atoms with Crippen molar-refractivity contribution < 1.29 is 19.1 Å². The maximum atomic E-state index is 12.3. The zero-order valence-electron chi connectivity index (χ0n) is 15.0. The Morgan fingerprint density at radius 3 is 2.28 bits per heavy atom. The number of nitrogen functional groups attached to an aromatic ring is 1. The summed E-state index contributed by atoms with van der Waals surface area (Å²) in [4.78, 5) is 34.8. The number of rotatable bonds is 3. The van der Waals surface area contributed by atoms with E-state index < -0.39 is 23.2 Å². The summed E-state index contributed by atoms with van der Waals surface area (Å²) in [7, 11) is 1.30. The summed E-state index contributed by atoms with van der Waals surface area (Å²) < 4.78 is 10.2. The van der Waals surface area contributed by atoms with Gasteiger partial charge in [0.05, 0.1) is 25.2 Å². The number of nitrogens with one attached hydrogen (secondary N) is 1. The van der Waals surface area contributed by atoms with Crippen LogP contribution in [0.1, 0.15) is 33.6 Å². The average molecular weight is 351 g/mol. The van der Waals surface area contributed by atoms with Gasteiger partial charge < -0.3 is 25.4 Å². The van der Waals surface area contributed by atoms with Gasteiger partial charge in [-0.3, -0.25) is 0 Å². The Labute approximate surface area is 146 Å². The van der Waals surface area contributed by atoms with Gasteiger partial charge in [-0.1, -0.05) is 0 Å². The molecule has 1 aromatic rings. The number of carbonyl (C=O) groups is 2. The average Bonchev–Trinajstić information content (AvgIpc) is 2.53. The summed E-state index contributed by atoms with van der Waals surface area (Å²) in [5.41, 5.74) is 4.30. The maximum absolute atomic E-state index is 12.3. The van der Waals surface area contributed by atoms with Crippen molar-refractivity contribution in [2.24, 2.45) is 0 Å². The van der Waals surface area contributed by atoms with Gasteiger partial charge in [0.25, 0.3) is 0 Å². The van der Waals surface area contributed by atoms with E-state index in [9.17, 15) is 9.59 Å². The lowest BCUT2D eigenvalue weighted by Gasteiger charge is -2.40. The molecule has 25 heavy (non-hydrogen) atoms. The molecule has 0 saturated carbocycles. The van der Waals surface area contributed by atoms with Gasteiger partial charge in [0.1, 0.15) is 11.1 Å². The van der Waals surface area contributed by atoms with E-state index in [1.165, 1.54) is 19.5 Å². The van der Waals surface area contributed by atoms with E-state index in [1.54, 1.807) is 20.8 Å². The number of ether oxygens (including phenoxy) is 2. The van der Waals surface area contributed by atoms with Crippen molar-refractivity contribution in [1.82, 2.24) is 15.3 Å². The molecule has 0 radical (unpaired) electrons. The number of nitrogens with two attached hydrogens (primary N) is 1. The van der Waals surface area contributed by atoms with Gasteiger partial charge in [0.2, 0.25) is 5.95 Å². The number of hydrogen-bond acceptors (Lipinski definition) is 8. The number of carbonyl (C=O) groups excluding carboxylic acids is 2. The molecule has 3 N–H and O–H groups in total. The molecule has 0 atom stereocenters. The van der Waals surface area contributed by atoms with Gasteiger partial charge in [-0.25, -0.2) is 19.6 Å². The van der Waals surface area contributed by atoms with Crippen LogP contribution in [-0.4, -0.2) is 53.4 Å². The van der Waals surface area contributed by atoms with Crippen LogP contribution in [-0.2, 0) is 14.3 Å². The third-order valence-electron chi connectivity index (χ3n) is 3.87. The van der Waals surface area contributed by atoms with Crippen molar-refractivity contribution in [3.8, 4) is 0 Å². The maximum Gasteiger partial charge on any atom is 0.408 e. The van der Waals surface area contributed by atoms with Crippen LogP contribution in [0.5, 0.6) is 0 Å². The van der Waals surface area contributed by atoms with E-state index in [-0.39, 0.29) is 0 Å². The molecule has 1 aliphatic heterocycles. The molecule has 9 heteroatoms. The normalized spacial score (nSPS) is 16.9. The number of hydrogen-bond donors (Lipinski definition) is 2. The molecule has 0 unspecified atom stereocenters. The van der Waals surface area contributed by atoms with Gasteiger partial charge in [-0.2, -0.15) is 0 Å². The zero-order chi connectivity index (χ0) is 18.7. The quantitative estimate of drug-likeness (QED) is 0.777. The predicted octanol–water partition coefficient (Wildman–Crippen LogP) is 1.10. The molecule has 1 saturated heterocycles. The second kappa shape index (κ2) is 7.12. The van der Waals surface area contributed by atoms with Crippen molar-refractivity contribution >= 4 is 23.7 Å². The Morgan fingerprint density at radius 2 is 1.80 bits per heavy atom. The molecule has 0 aromatic carbocycles. The smallest absolute Gasteiger partial charge is 0.408 e. The molecule has 1 aliphatic rings. The standard InChI is InChI=1S/C16H25N5O4/c1-15(2,3)25-14(23)20-16(12(22)24-4)5-7-21(8-6-16)13-18-9-11(17)10-19-13/h9-10H,5-8,17H2,1-4H3,(H,20,23). The number of methoxy groups -OCH3 is 1. The fraction of sp³-hybridized carbons (Fsp3) is 0.625. The molecule has 1 amide bonds. The van der Waals surface area contributed by atoms with Crippen molar-refractivity contribution in [1.29, 1.82) is 0 Å². The minimum absolute atomic E-state index is 0.354. The van der Waals surface area contributed by atoms with Crippen LogP contribution < -0.4 is 16.0 Å². The highest BCUT2D eigenvalue weighted by Gasteiger charge is 2.45. The number of aromatic nitrogens is 2. The van der Waals surface area contributed by atoms with E-state index in [4.69, 9.17) is 15.2 Å². The molecule has 1 aromatic heterocycles. The third-order valence-corrected chi connectivity index (χ3v) is 3.87. The molecule has 1 fully saturated rings. The largest absolute Gasteiger partial charge is 0.467 e. The van der Waals surface area contributed by atoms with Crippen LogP contribution in [0.15, 0.2) is 12.4 Å². The van der Waals surface area contributed by atoms with Crippen LogP contribution in [0.3, 0.4) is 0 Å². The molecule has 138 valence electrons. The molecule has 0 aliphatic carbocycles. The summed E-state index contributed by atoms with van der Waals surface area (Å²) in [6, 6.07) is 0. The Kier molecular flexibility index (Phi) is 5.34. The highest BCUT2D eigenvalue weighted by Crippen LogP contribution is 2.26. The Morgan fingerprint density at radius 1 is 1.24 bits per heavy atom. The SMILES string of the molecule is COC(=O)C1(NC(=O)OC(C)(C)C)CCN(c2ncc(N)cn2)CC1. The first-order chi connectivity index (χ1) is 11.6. The predicted molar refractivity (Wildman–Crippen MR) is 92.0 cm³/mol. The molecule has 2 heterocycles. The molecule has 0 bridgehead atoms. The fourth-order valence-electron chi connectivity index (χ4n) is 2.66. The van der Waals surface area contributed by atoms with Crippen molar-refractivity contribution in [3.63, 3.8) is 0 Å².